The number of rotatable bonds is 2. The molecule has 0 aliphatic carbocycles. The zero-order valence-electron chi connectivity index (χ0n) is 11.5. The molecule has 3 heteroatoms. The molecule has 0 spiro atoms. The zero-order chi connectivity index (χ0) is 13.8. The van der Waals surface area contributed by atoms with Gasteiger partial charge in [0.25, 0.3) is 0 Å². The molecule has 0 atom stereocenters. The summed E-state index contributed by atoms with van der Waals surface area (Å²) < 4.78 is 0. The van der Waals surface area contributed by atoms with Gasteiger partial charge in [0.15, 0.2) is 0 Å². The fraction of sp³-hybridized carbons (Fsp3) is 0.188. The third-order valence-electron chi connectivity index (χ3n) is 2.91. The van der Waals surface area contributed by atoms with Crippen LogP contribution in [-0.2, 0) is 0 Å². The van der Waals surface area contributed by atoms with Gasteiger partial charge in [-0.15, -0.1) is 0 Å². The Hall–Kier alpha value is -2.13. The molecule has 1 N–H and O–H groups in total. The predicted molar refractivity (Wildman–Crippen MR) is 79.4 cm³/mol. The standard InChI is InChI=1S/C16H18N2O/c1-12-4-8-15(9-5-12)17-14(3)18(19)16-10-6-13(2)7-11-16/h4-11,19H,1-3H3. The first-order valence-electron chi connectivity index (χ1n) is 6.24. The SMILES string of the molecule is CC(=Nc1ccc(C)cc1)N(O)c1ccc(C)cc1. The summed E-state index contributed by atoms with van der Waals surface area (Å²) in [4.78, 5) is 4.39. The minimum atomic E-state index is 0.535. The summed E-state index contributed by atoms with van der Waals surface area (Å²) in [5.41, 5.74) is 3.88. The van der Waals surface area contributed by atoms with Crippen molar-refractivity contribution in [1.29, 1.82) is 0 Å². The van der Waals surface area contributed by atoms with E-state index < -0.39 is 0 Å². The monoisotopic (exact) mass is 254 g/mol. The van der Waals surface area contributed by atoms with E-state index in [4.69, 9.17) is 0 Å². The number of hydrogen-bond acceptors (Lipinski definition) is 2. The van der Waals surface area contributed by atoms with Crippen LogP contribution >= 0.6 is 0 Å². The van der Waals surface area contributed by atoms with Crippen LogP contribution in [-0.4, -0.2) is 11.0 Å². The Morgan fingerprint density at radius 1 is 0.895 bits per heavy atom. The van der Waals surface area contributed by atoms with Crippen molar-refractivity contribution in [3.05, 3.63) is 59.7 Å². The topological polar surface area (TPSA) is 35.8 Å². The molecular formula is C16H18N2O. The number of aliphatic imine (C=N–C) groups is 1. The van der Waals surface area contributed by atoms with Gasteiger partial charge in [-0.3, -0.25) is 5.21 Å². The maximum atomic E-state index is 10.1. The van der Waals surface area contributed by atoms with Gasteiger partial charge < -0.3 is 0 Å². The highest BCUT2D eigenvalue weighted by Gasteiger charge is 2.06. The molecule has 2 aromatic rings. The third kappa shape index (κ3) is 3.42. The number of anilines is 1. The van der Waals surface area contributed by atoms with Gasteiger partial charge in [-0.05, 0) is 45.0 Å². The first-order valence-corrected chi connectivity index (χ1v) is 6.24. The van der Waals surface area contributed by atoms with Crippen LogP contribution in [0.2, 0.25) is 0 Å². The lowest BCUT2D eigenvalue weighted by Gasteiger charge is -2.16. The zero-order valence-corrected chi connectivity index (χ0v) is 11.5. The summed E-state index contributed by atoms with van der Waals surface area (Å²) in [5.74, 6) is 0.535. The van der Waals surface area contributed by atoms with Gasteiger partial charge in [0, 0.05) is 0 Å². The van der Waals surface area contributed by atoms with Crippen LogP contribution in [0.4, 0.5) is 11.4 Å². The number of amidine groups is 1. The van der Waals surface area contributed by atoms with Crippen LogP contribution in [0.5, 0.6) is 0 Å². The van der Waals surface area contributed by atoms with E-state index in [0.717, 1.165) is 16.3 Å². The predicted octanol–water partition coefficient (Wildman–Crippen LogP) is 4.25. The lowest BCUT2D eigenvalue weighted by Crippen LogP contribution is -2.23. The van der Waals surface area contributed by atoms with Crippen LogP contribution in [0.25, 0.3) is 0 Å². The Labute approximate surface area is 113 Å². The Morgan fingerprint density at radius 3 is 1.89 bits per heavy atom. The molecule has 0 aliphatic rings. The van der Waals surface area contributed by atoms with Crippen molar-refractivity contribution >= 4 is 17.2 Å². The van der Waals surface area contributed by atoms with Crippen molar-refractivity contribution < 1.29 is 5.21 Å². The van der Waals surface area contributed by atoms with Gasteiger partial charge in [-0.25, -0.2) is 10.1 Å². The number of hydrogen-bond donors (Lipinski definition) is 1. The summed E-state index contributed by atoms with van der Waals surface area (Å²) in [5, 5.41) is 11.2. The van der Waals surface area contributed by atoms with Crippen molar-refractivity contribution in [1.82, 2.24) is 0 Å². The van der Waals surface area contributed by atoms with Gasteiger partial charge in [0.2, 0.25) is 0 Å². The average Bonchev–Trinajstić information content (AvgIpc) is 2.41. The molecular weight excluding hydrogens is 236 g/mol. The summed E-state index contributed by atoms with van der Waals surface area (Å²) in [7, 11) is 0. The molecule has 0 radical (unpaired) electrons. The van der Waals surface area contributed by atoms with Crippen LogP contribution in [0, 0.1) is 13.8 Å². The summed E-state index contributed by atoms with van der Waals surface area (Å²) in [6.07, 6.45) is 0. The first kappa shape index (κ1) is 13.3. The smallest absolute Gasteiger partial charge is 0.132 e. The molecule has 19 heavy (non-hydrogen) atoms. The molecule has 2 rings (SSSR count). The van der Waals surface area contributed by atoms with Crippen LogP contribution in [0.1, 0.15) is 18.1 Å². The molecule has 3 nitrogen and oxygen atoms in total. The van der Waals surface area contributed by atoms with E-state index in [1.165, 1.54) is 5.56 Å². The summed E-state index contributed by atoms with van der Waals surface area (Å²) in [6.45, 7) is 5.82. The second kappa shape index (κ2) is 5.67. The lowest BCUT2D eigenvalue weighted by atomic mass is 10.2. The minimum absolute atomic E-state index is 0.535. The van der Waals surface area contributed by atoms with E-state index in [0.29, 0.717) is 11.5 Å². The molecule has 0 bridgehead atoms. The third-order valence-corrected chi connectivity index (χ3v) is 2.91. The van der Waals surface area contributed by atoms with Crippen molar-refractivity contribution in [2.45, 2.75) is 20.8 Å². The maximum absolute atomic E-state index is 10.1. The summed E-state index contributed by atoms with van der Waals surface area (Å²) >= 11 is 0. The molecule has 0 unspecified atom stereocenters. The fourth-order valence-corrected chi connectivity index (χ4v) is 1.73. The molecule has 0 amide bonds. The largest absolute Gasteiger partial charge is 0.282 e. The minimum Gasteiger partial charge on any atom is -0.282 e. The van der Waals surface area contributed by atoms with Crippen molar-refractivity contribution in [2.75, 3.05) is 5.06 Å². The second-order valence-corrected chi connectivity index (χ2v) is 4.64. The van der Waals surface area contributed by atoms with Gasteiger partial charge in [0.05, 0.1) is 11.4 Å². The number of nitrogens with zero attached hydrogens (tertiary/aromatic N) is 2. The normalized spacial score (nSPS) is 11.5. The van der Waals surface area contributed by atoms with E-state index in [1.807, 2.05) is 62.4 Å². The maximum Gasteiger partial charge on any atom is 0.132 e. The Kier molecular flexibility index (Phi) is 3.97. The lowest BCUT2D eigenvalue weighted by molar-refractivity contribution is 0.311. The molecule has 2 aromatic carbocycles. The molecule has 0 saturated carbocycles. The van der Waals surface area contributed by atoms with Gasteiger partial charge in [0.1, 0.15) is 5.84 Å². The first-order chi connectivity index (χ1) is 9.06. The highest BCUT2D eigenvalue weighted by atomic mass is 16.5. The van der Waals surface area contributed by atoms with Crippen molar-refractivity contribution in [3.8, 4) is 0 Å². The quantitative estimate of drug-likeness (QED) is 0.494. The molecule has 0 aromatic heterocycles. The fourth-order valence-electron chi connectivity index (χ4n) is 1.73. The van der Waals surface area contributed by atoms with Crippen LogP contribution in [0.3, 0.4) is 0 Å². The highest BCUT2D eigenvalue weighted by molar-refractivity contribution is 5.95. The van der Waals surface area contributed by atoms with Crippen LogP contribution in [0.15, 0.2) is 53.5 Å². The van der Waals surface area contributed by atoms with Gasteiger partial charge >= 0.3 is 0 Å². The molecule has 0 saturated heterocycles. The Bertz CT molecular complexity index is 571. The molecule has 0 fully saturated rings. The second-order valence-electron chi connectivity index (χ2n) is 4.64. The average molecular weight is 254 g/mol. The van der Waals surface area contributed by atoms with Gasteiger partial charge in [-0.2, -0.15) is 0 Å². The number of hydroxylamine groups is 1. The Balaban J connectivity index is 2.20. The number of aryl methyl sites for hydroxylation is 2. The van der Waals surface area contributed by atoms with E-state index in [2.05, 4.69) is 4.99 Å². The Morgan fingerprint density at radius 2 is 1.37 bits per heavy atom. The number of benzene rings is 2. The molecule has 0 heterocycles. The molecule has 0 aliphatic heterocycles. The summed E-state index contributed by atoms with van der Waals surface area (Å²) in [6, 6.07) is 15.5. The van der Waals surface area contributed by atoms with Crippen LogP contribution < -0.4 is 5.06 Å². The van der Waals surface area contributed by atoms with E-state index in [9.17, 15) is 5.21 Å². The van der Waals surface area contributed by atoms with Crippen molar-refractivity contribution in [3.63, 3.8) is 0 Å². The van der Waals surface area contributed by atoms with E-state index in [-0.39, 0.29) is 0 Å². The van der Waals surface area contributed by atoms with Gasteiger partial charge in [-0.1, -0.05) is 35.4 Å². The van der Waals surface area contributed by atoms with E-state index in [1.54, 1.807) is 6.92 Å². The van der Waals surface area contributed by atoms with Crippen molar-refractivity contribution in [2.24, 2.45) is 4.99 Å². The highest BCUT2D eigenvalue weighted by Crippen LogP contribution is 2.17. The van der Waals surface area contributed by atoms with E-state index >= 15 is 0 Å². The molecule has 98 valence electrons.